The summed E-state index contributed by atoms with van der Waals surface area (Å²) in [5, 5.41) is 3.16. The average molecular weight is 517 g/mol. The van der Waals surface area contributed by atoms with Crippen LogP contribution in [0.15, 0.2) is 46.3 Å². The Morgan fingerprint density at radius 3 is 2.65 bits per heavy atom. The number of nitrogens with zero attached hydrogens (tertiary/aromatic N) is 2. The van der Waals surface area contributed by atoms with Gasteiger partial charge in [-0.05, 0) is 38.0 Å². The van der Waals surface area contributed by atoms with Crippen LogP contribution in [0.2, 0.25) is 10.0 Å². The Hall–Kier alpha value is -1.29. The molecule has 1 aliphatic rings. The molecule has 3 aromatic rings. The summed E-state index contributed by atoms with van der Waals surface area (Å²) in [6.45, 7) is 3.59. The zero-order chi connectivity index (χ0) is 22.2. The molecule has 0 unspecified atom stereocenters. The van der Waals surface area contributed by atoms with Gasteiger partial charge in [0.2, 0.25) is 5.52 Å². The van der Waals surface area contributed by atoms with E-state index in [9.17, 15) is 8.42 Å². The fourth-order valence-corrected chi connectivity index (χ4v) is 6.92. The van der Waals surface area contributed by atoms with Crippen molar-refractivity contribution in [2.75, 3.05) is 17.2 Å². The summed E-state index contributed by atoms with van der Waals surface area (Å²) in [5.74, 6) is -0.243. The van der Waals surface area contributed by atoms with Crippen molar-refractivity contribution in [1.82, 2.24) is 0 Å². The first-order valence-electron chi connectivity index (χ1n) is 9.79. The van der Waals surface area contributed by atoms with E-state index in [1.807, 2.05) is 24.3 Å². The van der Waals surface area contributed by atoms with E-state index in [1.165, 1.54) is 10.2 Å². The molecular formula is C21H21Cl2N2O3S3+. The van der Waals surface area contributed by atoms with Crippen LogP contribution in [-0.4, -0.2) is 25.3 Å². The maximum atomic E-state index is 11.1. The van der Waals surface area contributed by atoms with Gasteiger partial charge in [0, 0.05) is 17.5 Å². The third kappa shape index (κ3) is 5.05. The van der Waals surface area contributed by atoms with Crippen molar-refractivity contribution < 1.29 is 17.5 Å². The fourth-order valence-electron chi connectivity index (χ4n) is 3.58. The van der Waals surface area contributed by atoms with Crippen molar-refractivity contribution in [2.24, 2.45) is 0 Å². The highest BCUT2D eigenvalue weighted by atomic mass is 35.5. The highest BCUT2D eigenvalue weighted by Crippen LogP contribution is 2.49. The van der Waals surface area contributed by atoms with Crippen LogP contribution in [0.25, 0.3) is 16.3 Å². The number of aryl methyl sites for hydroxylation is 1. The summed E-state index contributed by atoms with van der Waals surface area (Å²) in [4.78, 5) is 3.16. The first-order chi connectivity index (χ1) is 14.8. The Morgan fingerprint density at radius 2 is 1.90 bits per heavy atom. The number of hydrogen-bond acceptors (Lipinski definition) is 5. The standard InChI is InChI=1S/C21H20Cl2N2O3S3/c1-2-24-16-7-3-4-8-18(16)29-20(24)13-21-25(9-5-6-10-31(26,27)28)17-11-14(22)15(23)12-19(17)30-21/h3-4,7-8,11-13H,2,5-6,9-10H2,1H3/p+1. The fraction of sp³-hybridized carbons (Fsp3) is 0.286. The van der Waals surface area contributed by atoms with Crippen LogP contribution in [0.4, 0.5) is 5.69 Å². The second kappa shape index (κ2) is 9.29. The number of thioether (sulfide) groups is 1. The molecule has 5 nitrogen and oxygen atoms in total. The molecule has 0 amide bonds. The molecule has 1 aliphatic heterocycles. The third-order valence-electron chi connectivity index (χ3n) is 5.01. The first-order valence-corrected chi connectivity index (χ1v) is 13.8. The number of halogens is 2. The molecule has 0 fully saturated rings. The van der Waals surface area contributed by atoms with Crippen LogP contribution in [-0.2, 0) is 16.7 Å². The SMILES string of the molecule is CC[n+]1c(C=C2Sc3cc(Cl)c(Cl)cc3N2CCCCS(=O)(=O)O)sc2ccccc21. The van der Waals surface area contributed by atoms with Crippen molar-refractivity contribution in [1.29, 1.82) is 0 Å². The number of anilines is 1. The number of unbranched alkanes of at least 4 members (excludes halogenated alkanes) is 1. The van der Waals surface area contributed by atoms with E-state index >= 15 is 0 Å². The van der Waals surface area contributed by atoms with Crippen molar-refractivity contribution in [3.05, 3.63) is 56.5 Å². The van der Waals surface area contributed by atoms with Crippen LogP contribution in [0.1, 0.15) is 24.8 Å². The second-order valence-electron chi connectivity index (χ2n) is 7.12. The van der Waals surface area contributed by atoms with Crippen molar-refractivity contribution >= 4 is 78.4 Å². The number of thiazole rings is 1. The first kappa shape index (κ1) is 22.9. The molecule has 1 N–H and O–H groups in total. The lowest BCUT2D eigenvalue weighted by molar-refractivity contribution is -0.665. The lowest BCUT2D eigenvalue weighted by Crippen LogP contribution is -2.33. The van der Waals surface area contributed by atoms with E-state index < -0.39 is 10.1 Å². The Morgan fingerprint density at radius 1 is 1.16 bits per heavy atom. The Bertz CT molecular complexity index is 1270. The molecule has 0 aliphatic carbocycles. The maximum Gasteiger partial charge on any atom is 0.265 e. The maximum absolute atomic E-state index is 11.1. The highest BCUT2D eigenvalue weighted by Gasteiger charge is 2.28. The minimum atomic E-state index is -3.96. The number of fused-ring (bicyclic) bond motifs is 2. The largest absolute Gasteiger partial charge is 0.335 e. The number of aromatic nitrogens is 1. The molecule has 4 rings (SSSR count). The summed E-state index contributed by atoms with van der Waals surface area (Å²) >= 11 is 15.9. The molecule has 164 valence electrons. The molecule has 0 bridgehead atoms. The van der Waals surface area contributed by atoms with Gasteiger partial charge in [0.25, 0.3) is 15.1 Å². The topological polar surface area (TPSA) is 61.5 Å². The molecular weight excluding hydrogens is 495 g/mol. The number of rotatable bonds is 7. The van der Waals surface area contributed by atoms with E-state index in [0.717, 1.165) is 27.2 Å². The Balaban J connectivity index is 1.70. The lowest BCUT2D eigenvalue weighted by Gasteiger charge is -2.20. The van der Waals surface area contributed by atoms with Crippen LogP contribution in [0, 0.1) is 0 Å². The number of hydrogen-bond donors (Lipinski definition) is 1. The van der Waals surface area contributed by atoms with Crippen LogP contribution in [0.3, 0.4) is 0 Å². The van der Waals surface area contributed by atoms with Crippen LogP contribution < -0.4 is 9.47 Å². The molecule has 0 atom stereocenters. The zero-order valence-corrected chi connectivity index (χ0v) is 20.7. The molecule has 1 aromatic heterocycles. The van der Waals surface area contributed by atoms with E-state index in [0.29, 0.717) is 29.4 Å². The van der Waals surface area contributed by atoms with Gasteiger partial charge in [-0.15, -0.1) is 0 Å². The lowest BCUT2D eigenvalue weighted by atomic mass is 10.2. The Kier molecular flexibility index (Phi) is 6.86. The smallest absolute Gasteiger partial charge is 0.265 e. The minimum absolute atomic E-state index is 0.243. The summed E-state index contributed by atoms with van der Waals surface area (Å²) in [7, 11) is -3.96. The molecule has 0 saturated heterocycles. The zero-order valence-electron chi connectivity index (χ0n) is 16.7. The predicted octanol–water partition coefficient (Wildman–Crippen LogP) is 6.09. The molecule has 10 heteroatoms. The van der Waals surface area contributed by atoms with Crippen LogP contribution in [0.5, 0.6) is 0 Å². The monoisotopic (exact) mass is 515 g/mol. The second-order valence-corrected chi connectivity index (χ2v) is 11.6. The van der Waals surface area contributed by atoms with Gasteiger partial charge in [0.05, 0.1) is 32.6 Å². The summed E-state index contributed by atoms with van der Waals surface area (Å²) in [6, 6.07) is 12.1. The molecule has 0 spiro atoms. The van der Waals surface area contributed by atoms with Gasteiger partial charge in [-0.3, -0.25) is 4.55 Å². The van der Waals surface area contributed by atoms with Gasteiger partial charge < -0.3 is 4.90 Å². The van der Waals surface area contributed by atoms with Crippen molar-refractivity contribution in [3.8, 4) is 0 Å². The van der Waals surface area contributed by atoms with Gasteiger partial charge in [-0.25, -0.2) is 0 Å². The van der Waals surface area contributed by atoms with Crippen molar-refractivity contribution in [3.63, 3.8) is 0 Å². The quantitative estimate of drug-likeness (QED) is 0.234. The number of para-hydroxylation sites is 1. The molecule has 0 radical (unpaired) electrons. The van der Waals surface area contributed by atoms with Crippen molar-refractivity contribution in [2.45, 2.75) is 31.2 Å². The van der Waals surface area contributed by atoms with Crippen LogP contribution >= 0.6 is 46.3 Å². The van der Waals surface area contributed by atoms with Gasteiger partial charge >= 0.3 is 0 Å². The summed E-state index contributed by atoms with van der Waals surface area (Å²) in [6.07, 6.45) is 3.16. The highest BCUT2D eigenvalue weighted by molar-refractivity contribution is 8.04. The van der Waals surface area contributed by atoms with E-state index in [4.69, 9.17) is 27.8 Å². The van der Waals surface area contributed by atoms with Gasteiger partial charge in [0.15, 0.2) is 0 Å². The van der Waals surface area contributed by atoms with Gasteiger partial charge in [-0.1, -0.05) is 58.4 Å². The summed E-state index contributed by atoms with van der Waals surface area (Å²) < 4.78 is 34.7. The number of benzene rings is 2. The third-order valence-corrected chi connectivity index (χ3v) is 8.74. The molecule has 0 saturated carbocycles. The predicted molar refractivity (Wildman–Crippen MR) is 131 cm³/mol. The summed E-state index contributed by atoms with van der Waals surface area (Å²) in [5.41, 5.74) is 2.16. The molecule has 31 heavy (non-hydrogen) atoms. The van der Waals surface area contributed by atoms with E-state index in [-0.39, 0.29) is 5.75 Å². The van der Waals surface area contributed by atoms with Gasteiger partial charge in [-0.2, -0.15) is 13.0 Å². The van der Waals surface area contributed by atoms with E-state index in [2.05, 4.69) is 34.6 Å². The van der Waals surface area contributed by atoms with E-state index in [1.54, 1.807) is 23.1 Å². The average Bonchev–Trinajstić information content (AvgIpc) is 3.22. The molecule has 2 heterocycles. The molecule has 2 aromatic carbocycles. The Labute approximate surface area is 200 Å². The van der Waals surface area contributed by atoms with Gasteiger partial charge in [0.1, 0.15) is 11.2 Å². The minimum Gasteiger partial charge on any atom is -0.335 e. The normalized spacial score (nSPS) is 15.2.